The molecule has 0 radical (unpaired) electrons. The quantitative estimate of drug-likeness (QED) is 0.499. The maximum absolute atomic E-state index is 8.34. The minimum Gasteiger partial charge on any atom is -0.193 e. The molecule has 44 valence electrons. The molecule has 0 spiro atoms. The zero-order chi connectivity index (χ0) is 6.41. The highest BCUT2D eigenvalue weighted by molar-refractivity contribution is 5.18. The van der Waals surface area contributed by atoms with Crippen molar-refractivity contribution < 1.29 is 0 Å². The predicted molar refractivity (Wildman–Crippen MR) is 34.3 cm³/mol. The van der Waals surface area contributed by atoms with E-state index in [1.807, 2.05) is 13.0 Å². The third-order valence-corrected chi connectivity index (χ3v) is 1.01. The largest absolute Gasteiger partial charge is 0.193 e. The summed E-state index contributed by atoms with van der Waals surface area (Å²) in [5.41, 5.74) is 0.896. The summed E-state index contributed by atoms with van der Waals surface area (Å²) in [5.74, 6) is 0. The van der Waals surface area contributed by atoms with Crippen LogP contribution in [0.3, 0.4) is 0 Å². The van der Waals surface area contributed by atoms with Crippen LogP contribution in [-0.2, 0) is 0 Å². The van der Waals surface area contributed by atoms with Crippen LogP contribution >= 0.6 is 0 Å². The Kier molecular flexibility index (Phi) is 3.97. The molecular weight excluding hydrogens is 98.1 g/mol. The molecule has 8 heavy (non-hydrogen) atoms. The topological polar surface area (TPSA) is 23.8 Å². The molecular formula is C7H11N. The first-order valence-corrected chi connectivity index (χ1v) is 2.90. The highest BCUT2D eigenvalue weighted by Gasteiger charge is 1.87. The van der Waals surface area contributed by atoms with Crippen LogP contribution in [0.5, 0.6) is 0 Å². The van der Waals surface area contributed by atoms with Crippen LogP contribution in [0.2, 0.25) is 0 Å². The normalized spacial score (nSPS) is 10.9. The summed E-state index contributed by atoms with van der Waals surface area (Å²) in [6.07, 6.45) is 3.85. The van der Waals surface area contributed by atoms with E-state index in [0.29, 0.717) is 0 Å². The van der Waals surface area contributed by atoms with Gasteiger partial charge in [0.1, 0.15) is 0 Å². The highest BCUT2D eigenvalue weighted by atomic mass is 14.2. The molecule has 0 saturated heterocycles. The summed E-state index contributed by atoms with van der Waals surface area (Å²) in [6, 6.07) is 2.11. The molecule has 0 rings (SSSR count). The predicted octanol–water partition coefficient (Wildman–Crippen LogP) is 2.26. The van der Waals surface area contributed by atoms with Gasteiger partial charge in [-0.15, -0.1) is 0 Å². The summed E-state index contributed by atoms with van der Waals surface area (Å²) in [5, 5.41) is 8.34. The van der Waals surface area contributed by atoms with E-state index in [2.05, 4.69) is 13.0 Å². The van der Waals surface area contributed by atoms with Gasteiger partial charge in [-0.3, -0.25) is 0 Å². The first-order valence-electron chi connectivity index (χ1n) is 2.90. The fraction of sp³-hybridized carbons (Fsp3) is 0.571. The van der Waals surface area contributed by atoms with Crippen molar-refractivity contribution in [2.45, 2.75) is 26.7 Å². The zero-order valence-corrected chi connectivity index (χ0v) is 5.44. The smallest absolute Gasteiger partial charge is 0.0943 e. The third-order valence-electron chi connectivity index (χ3n) is 1.01. The van der Waals surface area contributed by atoms with Gasteiger partial charge in [-0.05, 0) is 13.3 Å². The van der Waals surface area contributed by atoms with E-state index < -0.39 is 0 Å². The number of hydrogen-bond acceptors (Lipinski definition) is 1. The summed E-state index contributed by atoms with van der Waals surface area (Å²) in [4.78, 5) is 0. The Morgan fingerprint density at radius 1 is 1.75 bits per heavy atom. The molecule has 0 saturated carbocycles. The molecule has 0 amide bonds. The minimum absolute atomic E-state index is 0.896. The molecule has 0 fully saturated rings. The van der Waals surface area contributed by atoms with Crippen molar-refractivity contribution in [1.82, 2.24) is 0 Å². The van der Waals surface area contributed by atoms with Crippen LogP contribution < -0.4 is 0 Å². The second-order valence-electron chi connectivity index (χ2n) is 1.68. The van der Waals surface area contributed by atoms with E-state index in [1.54, 1.807) is 0 Å². The maximum atomic E-state index is 8.34. The van der Waals surface area contributed by atoms with Gasteiger partial charge in [0.2, 0.25) is 0 Å². The fourth-order valence-corrected chi connectivity index (χ4v) is 0.534. The van der Waals surface area contributed by atoms with Gasteiger partial charge in [0.05, 0.1) is 6.07 Å². The van der Waals surface area contributed by atoms with Crippen molar-refractivity contribution in [1.29, 1.82) is 5.26 Å². The van der Waals surface area contributed by atoms with Gasteiger partial charge in [0, 0.05) is 5.57 Å². The number of nitrogens with zero attached hydrogens (tertiary/aromatic N) is 1. The summed E-state index contributed by atoms with van der Waals surface area (Å²) < 4.78 is 0. The number of nitriles is 1. The zero-order valence-electron chi connectivity index (χ0n) is 5.44. The lowest BCUT2D eigenvalue weighted by Gasteiger charge is -1.87. The fourth-order valence-electron chi connectivity index (χ4n) is 0.534. The highest BCUT2D eigenvalue weighted by Crippen LogP contribution is 2.00. The van der Waals surface area contributed by atoms with Gasteiger partial charge >= 0.3 is 0 Å². The van der Waals surface area contributed by atoms with Gasteiger partial charge in [-0.25, -0.2) is 0 Å². The SMILES string of the molecule is C/C=C(/C#N)CCC. The lowest BCUT2D eigenvalue weighted by atomic mass is 10.2. The van der Waals surface area contributed by atoms with Crippen LogP contribution in [0.25, 0.3) is 0 Å². The van der Waals surface area contributed by atoms with Gasteiger partial charge in [0.15, 0.2) is 0 Å². The van der Waals surface area contributed by atoms with Crippen LogP contribution in [0.15, 0.2) is 11.6 Å². The second-order valence-corrected chi connectivity index (χ2v) is 1.68. The number of hydrogen-bond donors (Lipinski definition) is 0. The average molecular weight is 109 g/mol. The Balaban J connectivity index is 3.60. The molecule has 1 heteroatoms. The molecule has 0 aliphatic rings. The number of allylic oxidation sites excluding steroid dienone is 2. The van der Waals surface area contributed by atoms with Gasteiger partial charge in [-0.2, -0.15) is 5.26 Å². The third kappa shape index (κ3) is 2.41. The molecule has 0 aromatic heterocycles. The number of rotatable bonds is 2. The van der Waals surface area contributed by atoms with Gasteiger partial charge < -0.3 is 0 Å². The lowest BCUT2D eigenvalue weighted by Crippen LogP contribution is -1.74. The van der Waals surface area contributed by atoms with Crippen LogP contribution in [0, 0.1) is 11.3 Å². The Labute approximate surface area is 50.6 Å². The minimum atomic E-state index is 0.896. The molecule has 0 unspecified atom stereocenters. The van der Waals surface area contributed by atoms with E-state index >= 15 is 0 Å². The van der Waals surface area contributed by atoms with Gasteiger partial charge in [0.25, 0.3) is 0 Å². The van der Waals surface area contributed by atoms with Crippen molar-refractivity contribution in [3.63, 3.8) is 0 Å². The Morgan fingerprint density at radius 2 is 2.38 bits per heavy atom. The first kappa shape index (κ1) is 7.23. The molecule has 0 atom stereocenters. The molecule has 0 aromatic rings. The van der Waals surface area contributed by atoms with Crippen molar-refractivity contribution in [2.75, 3.05) is 0 Å². The van der Waals surface area contributed by atoms with E-state index in [9.17, 15) is 0 Å². The molecule has 1 nitrogen and oxygen atoms in total. The van der Waals surface area contributed by atoms with Crippen molar-refractivity contribution in [3.8, 4) is 6.07 Å². The van der Waals surface area contributed by atoms with Crippen molar-refractivity contribution in [2.24, 2.45) is 0 Å². The Hall–Kier alpha value is -0.770. The van der Waals surface area contributed by atoms with E-state index in [1.165, 1.54) is 0 Å². The van der Waals surface area contributed by atoms with Gasteiger partial charge in [-0.1, -0.05) is 19.4 Å². The molecule has 0 aliphatic carbocycles. The molecule has 0 N–H and O–H groups in total. The summed E-state index contributed by atoms with van der Waals surface area (Å²) in [6.45, 7) is 3.97. The molecule has 0 aromatic carbocycles. The molecule has 0 aliphatic heterocycles. The first-order chi connectivity index (χ1) is 3.85. The molecule has 0 heterocycles. The maximum Gasteiger partial charge on any atom is 0.0943 e. The Bertz CT molecular complexity index is 117. The standard InChI is InChI=1S/C7H11N/c1-3-5-7(4-2)6-8/h4H,3,5H2,1-2H3/b7-4+. The van der Waals surface area contributed by atoms with Crippen LogP contribution in [-0.4, -0.2) is 0 Å². The summed E-state index contributed by atoms with van der Waals surface area (Å²) in [7, 11) is 0. The Morgan fingerprint density at radius 3 is 2.50 bits per heavy atom. The average Bonchev–Trinajstić information content (AvgIpc) is 1.83. The molecule has 0 bridgehead atoms. The summed E-state index contributed by atoms with van der Waals surface area (Å²) >= 11 is 0. The lowest BCUT2D eigenvalue weighted by molar-refractivity contribution is 0.927. The van der Waals surface area contributed by atoms with Crippen molar-refractivity contribution in [3.05, 3.63) is 11.6 Å². The second kappa shape index (κ2) is 4.39. The van der Waals surface area contributed by atoms with E-state index in [0.717, 1.165) is 18.4 Å². The van der Waals surface area contributed by atoms with Crippen LogP contribution in [0.1, 0.15) is 26.7 Å². The van der Waals surface area contributed by atoms with E-state index in [-0.39, 0.29) is 0 Å². The monoisotopic (exact) mass is 109 g/mol. The van der Waals surface area contributed by atoms with Crippen molar-refractivity contribution >= 4 is 0 Å². The van der Waals surface area contributed by atoms with E-state index in [4.69, 9.17) is 5.26 Å². The van der Waals surface area contributed by atoms with Crippen LogP contribution in [0.4, 0.5) is 0 Å².